The maximum absolute atomic E-state index is 6.50. The fourth-order valence-electron chi connectivity index (χ4n) is 3.26. The molecule has 2 N–H and O–H groups in total. The van der Waals surface area contributed by atoms with Gasteiger partial charge in [-0.2, -0.15) is 0 Å². The zero-order valence-corrected chi connectivity index (χ0v) is 12.8. The molecule has 1 atom stereocenters. The third-order valence-electron chi connectivity index (χ3n) is 4.29. The summed E-state index contributed by atoms with van der Waals surface area (Å²) in [6.45, 7) is 2.80. The summed E-state index contributed by atoms with van der Waals surface area (Å²) in [7, 11) is 0. The molecule has 0 bridgehead atoms. The van der Waals surface area contributed by atoms with Gasteiger partial charge in [-0.15, -0.1) is 11.3 Å². The van der Waals surface area contributed by atoms with Gasteiger partial charge in [-0.1, -0.05) is 25.0 Å². The molecule has 0 radical (unpaired) electrons. The average molecular weight is 290 g/mol. The van der Waals surface area contributed by atoms with Gasteiger partial charge in [0.15, 0.2) is 0 Å². The SMILES string of the molecule is CCOC1(C(N)Cc2nc3ccccc3s2)CCCC1. The Kier molecular flexibility index (Phi) is 4.06. The van der Waals surface area contributed by atoms with Gasteiger partial charge in [-0.25, -0.2) is 4.98 Å². The van der Waals surface area contributed by atoms with Crippen LogP contribution in [-0.2, 0) is 11.2 Å². The molecule has 3 rings (SSSR count). The normalized spacial score (nSPS) is 19.5. The standard InChI is InChI=1S/C16H22N2OS/c1-2-19-16(9-5-6-10-16)14(17)11-15-18-12-7-3-4-8-13(12)20-15/h3-4,7-8,14H,2,5-6,9-11,17H2,1H3. The van der Waals surface area contributed by atoms with Gasteiger partial charge < -0.3 is 10.5 Å². The summed E-state index contributed by atoms with van der Waals surface area (Å²) in [5.74, 6) is 0. The van der Waals surface area contributed by atoms with Crippen LogP contribution in [-0.4, -0.2) is 23.2 Å². The van der Waals surface area contributed by atoms with Crippen molar-refractivity contribution in [3.63, 3.8) is 0 Å². The number of hydrogen-bond donors (Lipinski definition) is 1. The van der Waals surface area contributed by atoms with E-state index in [0.717, 1.165) is 36.4 Å². The molecular weight excluding hydrogens is 268 g/mol. The molecule has 0 aliphatic heterocycles. The first kappa shape index (κ1) is 14.0. The monoisotopic (exact) mass is 290 g/mol. The molecule has 1 heterocycles. The van der Waals surface area contributed by atoms with Crippen molar-refractivity contribution < 1.29 is 4.74 Å². The molecule has 3 nitrogen and oxygen atoms in total. The van der Waals surface area contributed by atoms with E-state index in [9.17, 15) is 0 Å². The minimum absolute atomic E-state index is 0.0468. The van der Waals surface area contributed by atoms with Gasteiger partial charge >= 0.3 is 0 Å². The van der Waals surface area contributed by atoms with Crippen LogP contribution in [0.25, 0.3) is 10.2 Å². The lowest BCUT2D eigenvalue weighted by Gasteiger charge is -2.34. The van der Waals surface area contributed by atoms with Gasteiger partial charge in [0.25, 0.3) is 0 Å². The molecule has 0 saturated heterocycles. The van der Waals surface area contributed by atoms with Crippen LogP contribution < -0.4 is 5.73 Å². The summed E-state index contributed by atoms with van der Waals surface area (Å²) < 4.78 is 7.29. The summed E-state index contributed by atoms with van der Waals surface area (Å²) in [6, 6.07) is 8.32. The van der Waals surface area contributed by atoms with Crippen LogP contribution in [0.3, 0.4) is 0 Å². The number of hydrogen-bond acceptors (Lipinski definition) is 4. The van der Waals surface area contributed by atoms with Crippen LogP contribution in [0.15, 0.2) is 24.3 Å². The van der Waals surface area contributed by atoms with Crippen LogP contribution in [0.4, 0.5) is 0 Å². The highest BCUT2D eigenvalue weighted by Gasteiger charge is 2.40. The molecule has 1 aliphatic rings. The van der Waals surface area contributed by atoms with Gasteiger partial charge in [0.2, 0.25) is 0 Å². The highest BCUT2D eigenvalue weighted by molar-refractivity contribution is 7.18. The number of thiazole rings is 1. The maximum atomic E-state index is 6.50. The maximum Gasteiger partial charge on any atom is 0.0955 e. The van der Waals surface area contributed by atoms with E-state index >= 15 is 0 Å². The van der Waals surface area contributed by atoms with E-state index in [1.807, 2.05) is 6.07 Å². The quantitative estimate of drug-likeness (QED) is 0.916. The highest BCUT2D eigenvalue weighted by Crippen LogP contribution is 2.37. The Morgan fingerprint density at radius 1 is 1.35 bits per heavy atom. The second-order valence-corrected chi connectivity index (χ2v) is 6.71. The van der Waals surface area contributed by atoms with Crippen molar-refractivity contribution in [2.24, 2.45) is 5.73 Å². The summed E-state index contributed by atoms with van der Waals surface area (Å²) in [5, 5.41) is 1.13. The number of aromatic nitrogens is 1. The molecule has 1 aliphatic carbocycles. The molecule has 1 unspecified atom stereocenters. The van der Waals surface area contributed by atoms with Crippen LogP contribution in [0.2, 0.25) is 0 Å². The number of ether oxygens (including phenoxy) is 1. The minimum atomic E-state index is -0.118. The van der Waals surface area contributed by atoms with Crippen molar-refractivity contribution in [2.75, 3.05) is 6.61 Å². The van der Waals surface area contributed by atoms with Crippen LogP contribution >= 0.6 is 11.3 Å². The Bertz CT molecular complexity index is 542. The van der Waals surface area contributed by atoms with Crippen molar-refractivity contribution in [1.82, 2.24) is 4.98 Å². The van der Waals surface area contributed by atoms with Gasteiger partial charge in [-0.3, -0.25) is 0 Å². The third kappa shape index (κ3) is 2.60. The zero-order chi connectivity index (χ0) is 14.0. The summed E-state index contributed by atoms with van der Waals surface area (Å²) >= 11 is 1.75. The number of para-hydroxylation sites is 1. The molecule has 1 aromatic heterocycles. The van der Waals surface area contributed by atoms with E-state index in [4.69, 9.17) is 15.5 Å². The molecular formula is C16H22N2OS. The van der Waals surface area contributed by atoms with E-state index in [1.54, 1.807) is 11.3 Å². The second kappa shape index (κ2) is 5.80. The lowest BCUT2D eigenvalue weighted by molar-refractivity contribution is -0.0524. The van der Waals surface area contributed by atoms with E-state index in [1.165, 1.54) is 17.5 Å². The Hall–Kier alpha value is -0.970. The lowest BCUT2D eigenvalue weighted by Crippen LogP contribution is -2.49. The van der Waals surface area contributed by atoms with Crippen molar-refractivity contribution in [3.05, 3.63) is 29.3 Å². The van der Waals surface area contributed by atoms with E-state index in [2.05, 4.69) is 25.1 Å². The van der Waals surface area contributed by atoms with Crippen molar-refractivity contribution in [2.45, 2.75) is 50.7 Å². The van der Waals surface area contributed by atoms with E-state index < -0.39 is 0 Å². The number of benzene rings is 1. The average Bonchev–Trinajstić information content (AvgIpc) is 3.05. The Morgan fingerprint density at radius 2 is 2.10 bits per heavy atom. The number of rotatable bonds is 5. The van der Waals surface area contributed by atoms with Gasteiger partial charge in [-0.05, 0) is 31.9 Å². The lowest BCUT2D eigenvalue weighted by atomic mass is 9.90. The first-order valence-electron chi connectivity index (χ1n) is 7.47. The second-order valence-electron chi connectivity index (χ2n) is 5.59. The number of nitrogens with two attached hydrogens (primary N) is 1. The van der Waals surface area contributed by atoms with Crippen molar-refractivity contribution in [3.8, 4) is 0 Å². The Morgan fingerprint density at radius 3 is 2.80 bits per heavy atom. The van der Waals surface area contributed by atoms with Crippen molar-refractivity contribution in [1.29, 1.82) is 0 Å². The Labute approximate surface area is 124 Å². The molecule has 108 valence electrons. The predicted molar refractivity (Wildman–Crippen MR) is 84.1 cm³/mol. The molecule has 1 saturated carbocycles. The molecule has 0 amide bonds. The topological polar surface area (TPSA) is 48.1 Å². The summed E-state index contributed by atoms with van der Waals surface area (Å²) in [6.07, 6.45) is 5.46. The van der Waals surface area contributed by atoms with Crippen LogP contribution in [0.1, 0.15) is 37.6 Å². The molecule has 20 heavy (non-hydrogen) atoms. The smallest absolute Gasteiger partial charge is 0.0955 e. The number of nitrogens with zero attached hydrogens (tertiary/aromatic N) is 1. The van der Waals surface area contributed by atoms with Gasteiger partial charge in [0.1, 0.15) is 0 Å². The van der Waals surface area contributed by atoms with Crippen molar-refractivity contribution >= 4 is 21.6 Å². The molecule has 4 heteroatoms. The molecule has 2 aromatic rings. The third-order valence-corrected chi connectivity index (χ3v) is 5.35. The first-order chi connectivity index (χ1) is 9.73. The largest absolute Gasteiger partial charge is 0.374 e. The fourth-order valence-corrected chi connectivity index (χ4v) is 4.29. The van der Waals surface area contributed by atoms with Crippen LogP contribution in [0.5, 0.6) is 0 Å². The summed E-state index contributed by atoms with van der Waals surface area (Å²) in [4.78, 5) is 4.70. The first-order valence-corrected chi connectivity index (χ1v) is 8.29. The van der Waals surface area contributed by atoms with Gasteiger partial charge in [0, 0.05) is 19.1 Å². The Balaban J connectivity index is 1.78. The molecule has 1 fully saturated rings. The predicted octanol–water partition coefficient (Wildman–Crippen LogP) is 3.52. The summed E-state index contributed by atoms with van der Waals surface area (Å²) in [5.41, 5.74) is 7.46. The molecule has 0 spiro atoms. The van der Waals surface area contributed by atoms with E-state index in [0.29, 0.717) is 0 Å². The zero-order valence-electron chi connectivity index (χ0n) is 12.0. The van der Waals surface area contributed by atoms with Crippen LogP contribution in [0, 0.1) is 0 Å². The van der Waals surface area contributed by atoms with E-state index in [-0.39, 0.29) is 11.6 Å². The fraction of sp³-hybridized carbons (Fsp3) is 0.562. The molecule has 1 aromatic carbocycles. The number of fused-ring (bicyclic) bond motifs is 1. The minimum Gasteiger partial charge on any atom is -0.374 e. The van der Waals surface area contributed by atoms with Gasteiger partial charge in [0.05, 0.1) is 20.8 Å². The highest BCUT2D eigenvalue weighted by atomic mass is 32.1.